The van der Waals surface area contributed by atoms with Gasteiger partial charge in [0.15, 0.2) is 5.69 Å². The first-order valence-electron chi connectivity index (χ1n) is 11.3. The molecule has 1 aromatic heterocycles. The highest BCUT2D eigenvalue weighted by molar-refractivity contribution is 9.10. The molecule has 12 nitrogen and oxygen atoms in total. The number of hydrogen-bond acceptors (Lipinski definition) is 10. The molecule has 17 heteroatoms. The van der Waals surface area contributed by atoms with Crippen molar-refractivity contribution in [1.29, 1.82) is 0 Å². The summed E-state index contributed by atoms with van der Waals surface area (Å²) in [4.78, 5) is 28.7. The number of carboxylic acids is 1. The molecule has 0 bridgehead atoms. The number of oxime groups is 1. The van der Waals surface area contributed by atoms with E-state index in [-0.39, 0.29) is 21.9 Å². The lowest BCUT2D eigenvalue weighted by molar-refractivity contribution is -0.192. The minimum Gasteiger partial charge on any atom is -0.475 e. The number of halogens is 5. The van der Waals surface area contributed by atoms with Crippen LogP contribution in [0.5, 0.6) is 0 Å². The molecular weight excluding hydrogens is 612 g/mol. The number of carbonyl (C=O) groups excluding carboxylic acids is 1. The van der Waals surface area contributed by atoms with Gasteiger partial charge in [0.1, 0.15) is 12.0 Å². The van der Waals surface area contributed by atoms with Gasteiger partial charge in [0.2, 0.25) is 5.82 Å². The molecule has 40 heavy (non-hydrogen) atoms. The van der Waals surface area contributed by atoms with Crippen molar-refractivity contribution in [3.05, 3.63) is 69.6 Å². The van der Waals surface area contributed by atoms with Gasteiger partial charge in [-0.2, -0.15) is 18.7 Å². The predicted octanol–water partition coefficient (Wildman–Crippen LogP) is 4.07. The first-order valence-corrected chi connectivity index (χ1v) is 12.1. The second-order valence-corrected chi connectivity index (χ2v) is 8.75. The molecule has 0 saturated carbocycles. The third-order valence-electron chi connectivity index (χ3n) is 5.03. The highest BCUT2D eigenvalue weighted by Gasteiger charge is 2.38. The van der Waals surface area contributed by atoms with Crippen molar-refractivity contribution < 1.29 is 46.6 Å². The Labute approximate surface area is 232 Å². The summed E-state index contributed by atoms with van der Waals surface area (Å²) in [6.45, 7) is 4.08. The van der Waals surface area contributed by atoms with Crippen molar-refractivity contribution in [3.63, 3.8) is 0 Å². The topological polar surface area (TPSA) is 151 Å². The maximum Gasteiger partial charge on any atom is 0.490 e. The molecule has 214 valence electrons. The van der Waals surface area contributed by atoms with Crippen molar-refractivity contribution in [3.8, 4) is 0 Å². The molecule has 4 rings (SSSR count). The van der Waals surface area contributed by atoms with E-state index in [1.807, 2.05) is 12.1 Å². The number of amides is 1. The summed E-state index contributed by atoms with van der Waals surface area (Å²) in [7, 11) is 0. The molecule has 0 aliphatic carbocycles. The molecule has 1 aliphatic heterocycles. The zero-order valence-electron chi connectivity index (χ0n) is 20.3. The molecule has 1 saturated heterocycles. The first kappa shape index (κ1) is 30.5. The van der Waals surface area contributed by atoms with E-state index in [0.29, 0.717) is 11.3 Å². The maximum atomic E-state index is 13.2. The van der Waals surface area contributed by atoms with Gasteiger partial charge in [-0.3, -0.25) is 14.6 Å². The zero-order chi connectivity index (χ0) is 29.1. The maximum absolute atomic E-state index is 13.2. The Morgan fingerprint density at radius 3 is 2.45 bits per heavy atom. The average molecular weight is 633 g/mol. The lowest BCUT2D eigenvalue weighted by Gasteiger charge is -2.26. The van der Waals surface area contributed by atoms with Crippen LogP contribution in [0.2, 0.25) is 0 Å². The molecule has 0 spiro atoms. The number of nitrogens with zero attached hydrogens (tertiary/aromatic N) is 4. The molecule has 1 fully saturated rings. The average Bonchev–Trinajstić information content (AvgIpc) is 3.36. The number of nitrogens with one attached hydrogen (secondary N) is 2. The quantitative estimate of drug-likeness (QED) is 0.188. The summed E-state index contributed by atoms with van der Waals surface area (Å²) in [6, 6.07) is 11.6. The number of rotatable bonds is 8. The molecule has 0 atom stereocenters. The number of alkyl halides is 3. The number of ether oxygens (including phenoxy) is 1. The number of aromatic nitrogens is 2. The Morgan fingerprint density at radius 1 is 1.15 bits per heavy atom. The molecular formula is C23H21BrF4N6O6. The number of aliphatic carboxylic acids is 1. The van der Waals surface area contributed by atoms with Gasteiger partial charge in [-0.1, -0.05) is 17.3 Å². The Bertz CT molecular complexity index is 1320. The third-order valence-corrected chi connectivity index (χ3v) is 5.63. The normalized spacial score (nSPS) is 13.8. The van der Waals surface area contributed by atoms with Gasteiger partial charge in [-0.25, -0.2) is 13.8 Å². The van der Waals surface area contributed by atoms with Crippen molar-refractivity contribution in [2.45, 2.75) is 12.7 Å². The molecule has 3 N–H and O–H groups in total. The summed E-state index contributed by atoms with van der Waals surface area (Å²) >= 11 is 3.08. The number of carbonyl (C=O) groups is 2. The molecule has 3 aromatic rings. The number of carboxylic acid groups (broad SMARTS) is 1. The van der Waals surface area contributed by atoms with Crippen LogP contribution >= 0.6 is 15.9 Å². The van der Waals surface area contributed by atoms with Crippen LogP contribution in [0.4, 0.5) is 29.1 Å². The van der Waals surface area contributed by atoms with Gasteiger partial charge >= 0.3 is 12.1 Å². The van der Waals surface area contributed by atoms with E-state index in [9.17, 15) is 22.4 Å². The van der Waals surface area contributed by atoms with Crippen LogP contribution in [0.1, 0.15) is 21.6 Å². The van der Waals surface area contributed by atoms with E-state index in [1.165, 1.54) is 24.4 Å². The highest BCUT2D eigenvalue weighted by Crippen LogP contribution is 2.20. The Morgan fingerprint density at radius 2 is 1.82 bits per heavy atom. The van der Waals surface area contributed by atoms with E-state index in [1.54, 1.807) is 12.1 Å². The van der Waals surface area contributed by atoms with E-state index in [4.69, 9.17) is 19.6 Å². The van der Waals surface area contributed by atoms with Gasteiger partial charge in [-0.15, -0.1) is 0 Å². The van der Waals surface area contributed by atoms with Crippen LogP contribution in [0, 0.1) is 5.82 Å². The fourth-order valence-electron chi connectivity index (χ4n) is 3.04. The molecule has 0 radical (unpaired) electrons. The van der Waals surface area contributed by atoms with Crippen LogP contribution in [0.25, 0.3) is 0 Å². The minimum atomic E-state index is -5.08. The van der Waals surface area contributed by atoms with Gasteiger partial charge < -0.3 is 15.2 Å². The van der Waals surface area contributed by atoms with Gasteiger partial charge in [0, 0.05) is 25.2 Å². The SMILES string of the molecule is O=C(Nc1nonc1/C=N/ONc1ccc(F)c(Br)c1)c1ccc(CN2CCOCC2)cc1.O=C(O)C(F)(F)F. The van der Waals surface area contributed by atoms with E-state index in [0.717, 1.165) is 38.4 Å². The van der Waals surface area contributed by atoms with Crippen LogP contribution < -0.4 is 10.8 Å². The number of benzene rings is 2. The summed E-state index contributed by atoms with van der Waals surface area (Å²) in [5.41, 5.74) is 4.74. The molecule has 0 unspecified atom stereocenters. The minimum absolute atomic E-state index is 0.0919. The Balaban J connectivity index is 0.000000559. The predicted molar refractivity (Wildman–Crippen MR) is 135 cm³/mol. The van der Waals surface area contributed by atoms with Gasteiger partial charge in [0.25, 0.3) is 5.91 Å². The van der Waals surface area contributed by atoms with Crippen molar-refractivity contribution in [2.24, 2.45) is 5.16 Å². The van der Waals surface area contributed by atoms with Crippen molar-refractivity contribution in [1.82, 2.24) is 15.2 Å². The standard InChI is InChI=1S/C21H20BrFN6O4.C2HF3O2/c22-17-11-16(5-6-18(17)23)26-32-24-12-19-20(28-33-27-19)25-21(30)15-3-1-14(2-4-15)13-29-7-9-31-10-8-29;3-2(4,5)1(6)7/h1-6,11-12,26H,7-10,13H2,(H,25,28,30);(H,6,7)/b24-12+;. The van der Waals surface area contributed by atoms with Crippen molar-refractivity contribution >= 4 is 45.5 Å². The molecule has 2 heterocycles. The van der Waals surface area contributed by atoms with Gasteiger partial charge in [-0.05, 0) is 62.1 Å². The largest absolute Gasteiger partial charge is 0.490 e. The highest BCUT2D eigenvalue weighted by atomic mass is 79.9. The number of anilines is 2. The number of morpholine rings is 1. The molecule has 1 amide bonds. The summed E-state index contributed by atoms with van der Waals surface area (Å²) in [5, 5.41) is 20.8. The van der Waals surface area contributed by atoms with Gasteiger partial charge in [0.05, 0.1) is 23.4 Å². The summed E-state index contributed by atoms with van der Waals surface area (Å²) < 4.78 is 55.3. The fraction of sp³-hybridized carbons (Fsp3) is 0.261. The van der Waals surface area contributed by atoms with Crippen LogP contribution in [-0.2, 0) is 21.0 Å². The monoisotopic (exact) mass is 632 g/mol. The van der Waals surface area contributed by atoms with Crippen LogP contribution in [-0.4, -0.2) is 70.9 Å². The third kappa shape index (κ3) is 9.58. The Kier molecular flexibility index (Phi) is 10.9. The second kappa shape index (κ2) is 14.3. The lowest BCUT2D eigenvalue weighted by Crippen LogP contribution is -2.35. The zero-order valence-corrected chi connectivity index (χ0v) is 21.9. The smallest absolute Gasteiger partial charge is 0.475 e. The molecule has 2 aromatic carbocycles. The van der Waals surface area contributed by atoms with Crippen LogP contribution in [0.15, 0.2) is 56.7 Å². The number of hydrogen-bond donors (Lipinski definition) is 3. The summed E-state index contributed by atoms with van der Waals surface area (Å²) in [5.74, 6) is -3.43. The summed E-state index contributed by atoms with van der Waals surface area (Å²) in [6.07, 6.45) is -3.87. The lowest BCUT2D eigenvalue weighted by atomic mass is 10.1. The van der Waals surface area contributed by atoms with Crippen molar-refractivity contribution in [2.75, 3.05) is 37.1 Å². The van der Waals surface area contributed by atoms with E-state index < -0.39 is 18.0 Å². The van der Waals surface area contributed by atoms with E-state index >= 15 is 0 Å². The second-order valence-electron chi connectivity index (χ2n) is 7.90. The first-order chi connectivity index (χ1) is 19.0. The Hall–Kier alpha value is -4.09. The fourth-order valence-corrected chi connectivity index (χ4v) is 3.42. The molecule has 1 aliphatic rings. The van der Waals surface area contributed by atoms with Crippen LogP contribution in [0.3, 0.4) is 0 Å². The van der Waals surface area contributed by atoms with E-state index in [2.05, 4.69) is 51.7 Å².